The molecule has 0 heterocycles. The van der Waals surface area contributed by atoms with Gasteiger partial charge >= 0.3 is 0 Å². The topological polar surface area (TPSA) is 52.6 Å². The summed E-state index contributed by atoms with van der Waals surface area (Å²) >= 11 is 3.14. The van der Waals surface area contributed by atoms with Crippen LogP contribution in [0.1, 0.15) is 17.3 Å². The smallest absolute Gasteiger partial charge is 0.252 e. The van der Waals surface area contributed by atoms with Crippen molar-refractivity contribution in [3.05, 3.63) is 34.1 Å². The van der Waals surface area contributed by atoms with Gasteiger partial charge in [-0.05, 0) is 55.1 Å². The average molecular weight is 333 g/mol. The SMILES string of the molecule is CN(C)CC(C)(O)CNC(=O)c1ccc(F)cc1Br. The number of rotatable bonds is 5. The molecule has 0 radical (unpaired) electrons. The van der Waals surface area contributed by atoms with Gasteiger partial charge in [-0.3, -0.25) is 4.79 Å². The molecule has 6 heteroatoms. The number of nitrogens with one attached hydrogen (secondary N) is 1. The molecule has 0 aliphatic rings. The fourth-order valence-corrected chi connectivity index (χ4v) is 2.31. The van der Waals surface area contributed by atoms with Crippen molar-refractivity contribution in [2.45, 2.75) is 12.5 Å². The molecule has 0 saturated heterocycles. The first-order valence-electron chi connectivity index (χ1n) is 5.82. The number of benzene rings is 1. The minimum Gasteiger partial charge on any atom is -0.387 e. The Morgan fingerprint density at radius 2 is 2.16 bits per heavy atom. The standard InChI is InChI=1S/C13H18BrFN2O2/c1-13(19,8-17(2)3)7-16-12(18)10-5-4-9(15)6-11(10)14/h4-6,19H,7-8H2,1-3H3,(H,16,18). The molecular formula is C13H18BrFN2O2. The summed E-state index contributed by atoms with van der Waals surface area (Å²) in [6.07, 6.45) is 0. The quantitative estimate of drug-likeness (QED) is 0.861. The summed E-state index contributed by atoms with van der Waals surface area (Å²) in [6.45, 7) is 2.19. The van der Waals surface area contributed by atoms with Gasteiger partial charge in [0.1, 0.15) is 5.82 Å². The fraction of sp³-hybridized carbons (Fsp3) is 0.462. The van der Waals surface area contributed by atoms with Gasteiger partial charge in [0, 0.05) is 17.6 Å². The zero-order chi connectivity index (χ0) is 14.6. The summed E-state index contributed by atoms with van der Waals surface area (Å²) in [6, 6.07) is 3.85. The van der Waals surface area contributed by atoms with Crippen LogP contribution in [0.5, 0.6) is 0 Å². The zero-order valence-corrected chi connectivity index (χ0v) is 12.8. The first-order chi connectivity index (χ1) is 8.71. The van der Waals surface area contributed by atoms with Crippen molar-refractivity contribution in [1.29, 1.82) is 0 Å². The number of halogens is 2. The van der Waals surface area contributed by atoms with E-state index in [2.05, 4.69) is 21.2 Å². The molecule has 19 heavy (non-hydrogen) atoms. The number of amides is 1. The molecule has 2 N–H and O–H groups in total. The lowest BCUT2D eigenvalue weighted by atomic mass is 10.1. The highest BCUT2D eigenvalue weighted by Crippen LogP contribution is 2.18. The van der Waals surface area contributed by atoms with Gasteiger partial charge < -0.3 is 15.3 Å². The van der Waals surface area contributed by atoms with Crippen molar-refractivity contribution >= 4 is 21.8 Å². The third-order valence-corrected chi connectivity index (χ3v) is 3.12. The van der Waals surface area contributed by atoms with Crippen molar-refractivity contribution in [3.8, 4) is 0 Å². The summed E-state index contributed by atoms with van der Waals surface area (Å²) in [5, 5.41) is 12.7. The predicted molar refractivity (Wildman–Crippen MR) is 75.6 cm³/mol. The van der Waals surface area contributed by atoms with Gasteiger partial charge in [0.2, 0.25) is 0 Å². The molecule has 1 aromatic rings. The highest BCUT2D eigenvalue weighted by molar-refractivity contribution is 9.10. The number of likely N-dealkylation sites (N-methyl/N-ethyl adjacent to an activating group) is 1. The first kappa shape index (κ1) is 16.1. The summed E-state index contributed by atoms with van der Waals surface area (Å²) < 4.78 is 13.3. The van der Waals surface area contributed by atoms with E-state index in [0.29, 0.717) is 16.6 Å². The lowest BCUT2D eigenvalue weighted by Gasteiger charge is -2.27. The van der Waals surface area contributed by atoms with Gasteiger partial charge in [-0.25, -0.2) is 4.39 Å². The molecule has 106 valence electrons. The molecule has 1 rings (SSSR count). The number of aliphatic hydroxyl groups is 1. The third kappa shape index (κ3) is 5.26. The molecule has 0 bridgehead atoms. The van der Waals surface area contributed by atoms with Gasteiger partial charge in [0.05, 0.1) is 11.2 Å². The van der Waals surface area contributed by atoms with E-state index < -0.39 is 11.4 Å². The molecule has 1 aromatic carbocycles. The maximum Gasteiger partial charge on any atom is 0.252 e. The molecule has 0 aromatic heterocycles. The molecule has 0 saturated carbocycles. The number of hydrogen-bond donors (Lipinski definition) is 2. The van der Waals surface area contributed by atoms with E-state index >= 15 is 0 Å². The van der Waals surface area contributed by atoms with Crippen LogP contribution in [0, 0.1) is 5.82 Å². The van der Waals surface area contributed by atoms with Crippen LogP contribution in [0.3, 0.4) is 0 Å². The van der Waals surface area contributed by atoms with Gasteiger partial charge in [0.15, 0.2) is 0 Å². The molecular weight excluding hydrogens is 315 g/mol. The van der Waals surface area contributed by atoms with Gasteiger partial charge in [-0.2, -0.15) is 0 Å². The Morgan fingerprint density at radius 3 is 2.68 bits per heavy atom. The van der Waals surface area contributed by atoms with Gasteiger partial charge in [-0.1, -0.05) is 0 Å². The van der Waals surface area contributed by atoms with Crippen molar-refractivity contribution in [2.24, 2.45) is 0 Å². The van der Waals surface area contributed by atoms with Crippen molar-refractivity contribution < 1.29 is 14.3 Å². The van der Waals surface area contributed by atoms with E-state index in [-0.39, 0.29) is 12.5 Å². The third-order valence-electron chi connectivity index (χ3n) is 2.46. The average Bonchev–Trinajstić information content (AvgIpc) is 2.24. The molecule has 4 nitrogen and oxygen atoms in total. The first-order valence-corrected chi connectivity index (χ1v) is 6.61. The summed E-state index contributed by atoms with van der Waals surface area (Å²) in [5.74, 6) is -0.770. The van der Waals surface area contributed by atoms with E-state index in [1.54, 1.807) is 6.92 Å². The Bertz CT molecular complexity index is 464. The van der Waals surface area contributed by atoms with Crippen LogP contribution in [0.25, 0.3) is 0 Å². The molecule has 0 fully saturated rings. The van der Waals surface area contributed by atoms with Crippen molar-refractivity contribution in [3.63, 3.8) is 0 Å². The maximum atomic E-state index is 12.9. The highest BCUT2D eigenvalue weighted by Gasteiger charge is 2.22. The fourth-order valence-electron chi connectivity index (χ4n) is 1.78. The van der Waals surface area contributed by atoms with Gasteiger partial charge in [0.25, 0.3) is 5.91 Å². The van der Waals surface area contributed by atoms with Crippen LogP contribution in [-0.4, -0.2) is 48.7 Å². The summed E-state index contributed by atoms with van der Waals surface area (Å²) in [5.41, 5.74) is -0.687. The second kappa shape index (κ2) is 6.45. The molecule has 0 spiro atoms. The second-order valence-corrected chi connectivity index (χ2v) is 5.90. The highest BCUT2D eigenvalue weighted by atomic mass is 79.9. The van der Waals surface area contributed by atoms with Crippen LogP contribution in [0.2, 0.25) is 0 Å². The predicted octanol–water partition coefficient (Wildman–Crippen LogP) is 1.63. The second-order valence-electron chi connectivity index (χ2n) is 5.04. The van der Waals surface area contributed by atoms with E-state index in [0.717, 1.165) is 0 Å². The summed E-state index contributed by atoms with van der Waals surface area (Å²) in [7, 11) is 3.68. The van der Waals surface area contributed by atoms with Crippen molar-refractivity contribution in [2.75, 3.05) is 27.2 Å². The van der Waals surface area contributed by atoms with Crippen LogP contribution in [0.4, 0.5) is 4.39 Å². The van der Waals surface area contributed by atoms with Crippen LogP contribution < -0.4 is 5.32 Å². The Hall–Kier alpha value is -0.980. The zero-order valence-electron chi connectivity index (χ0n) is 11.2. The largest absolute Gasteiger partial charge is 0.387 e. The number of carbonyl (C=O) groups is 1. The molecule has 0 aliphatic carbocycles. The Balaban J connectivity index is 2.65. The molecule has 1 unspecified atom stereocenters. The molecule has 0 aliphatic heterocycles. The number of nitrogens with zero attached hydrogens (tertiary/aromatic N) is 1. The van der Waals surface area contributed by atoms with E-state index in [1.165, 1.54) is 18.2 Å². The van der Waals surface area contributed by atoms with E-state index in [9.17, 15) is 14.3 Å². The van der Waals surface area contributed by atoms with Crippen LogP contribution >= 0.6 is 15.9 Å². The van der Waals surface area contributed by atoms with Crippen molar-refractivity contribution in [1.82, 2.24) is 10.2 Å². The lowest BCUT2D eigenvalue weighted by molar-refractivity contribution is 0.0326. The van der Waals surface area contributed by atoms with E-state index in [4.69, 9.17) is 0 Å². The minimum atomic E-state index is -1.02. The monoisotopic (exact) mass is 332 g/mol. The normalized spacial score (nSPS) is 14.3. The Labute approximate surface area is 120 Å². The van der Waals surface area contributed by atoms with E-state index in [1.807, 2.05) is 19.0 Å². The van der Waals surface area contributed by atoms with Gasteiger partial charge in [-0.15, -0.1) is 0 Å². The minimum absolute atomic E-state index is 0.119. The lowest BCUT2D eigenvalue weighted by Crippen LogP contribution is -2.47. The maximum absolute atomic E-state index is 12.9. The van der Waals surface area contributed by atoms with Crippen LogP contribution in [-0.2, 0) is 0 Å². The molecule has 1 amide bonds. The Kier molecular flexibility index (Phi) is 5.46. The Morgan fingerprint density at radius 1 is 1.53 bits per heavy atom. The number of carbonyl (C=O) groups excluding carboxylic acids is 1. The van der Waals surface area contributed by atoms with Crippen LogP contribution in [0.15, 0.2) is 22.7 Å². The number of hydrogen-bond acceptors (Lipinski definition) is 3. The molecule has 1 atom stereocenters. The summed E-state index contributed by atoms with van der Waals surface area (Å²) in [4.78, 5) is 13.8.